The third kappa shape index (κ3) is 6.15. The highest BCUT2D eigenvalue weighted by molar-refractivity contribution is 7.89. The molecule has 0 bridgehead atoms. The monoisotopic (exact) mass is 442 g/mol. The molecule has 1 aromatic carbocycles. The average Bonchev–Trinajstić information content (AvgIpc) is 2.96. The number of hydrogen-bond donors (Lipinski definition) is 2. The van der Waals surface area contributed by atoms with Gasteiger partial charge >= 0.3 is 12.4 Å². The zero-order chi connectivity index (χ0) is 20.4. The van der Waals surface area contributed by atoms with E-state index >= 15 is 0 Å². The molecule has 0 saturated carbocycles. The van der Waals surface area contributed by atoms with Crippen molar-refractivity contribution in [3.8, 4) is 0 Å². The van der Waals surface area contributed by atoms with Crippen molar-refractivity contribution in [1.29, 1.82) is 0 Å². The molecule has 0 amide bonds. The molecule has 0 spiro atoms. The standard InChI is InChI=1S/C16H12F6N2S3/c1-8-2-12(27-7-8)6-23-13(25)14(26)24-11-4-9(15(17,18)19)3-10(5-11)16(20,21)22/h2-5,7H,6H2,1H3,(H,23,25)(H,24,26). The Kier molecular flexibility index (Phi) is 6.48. The summed E-state index contributed by atoms with van der Waals surface area (Å²) < 4.78 is 77.3. The highest BCUT2D eigenvalue weighted by atomic mass is 32.1. The van der Waals surface area contributed by atoms with Gasteiger partial charge in [-0.05, 0) is 42.1 Å². The van der Waals surface area contributed by atoms with Crippen LogP contribution in [0.4, 0.5) is 32.0 Å². The molecule has 2 aromatic rings. The number of thiocarbonyl (C=S) groups is 2. The van der Waals surface area contributed by atoms with Crippen LogP contribution < -0.4 is 10.6 Å². The average molecular weight is 442 g/mol. The quantitative estimate of drug-likeness (QED) is 0.453. The third-order valence-corrected chi connectivity index (χ3v) is 5.10. The van der Waals surface area contributed by atoms with Crippen molar-refractivity contribution in [2.75, 3.05) is 5.32 Å². The summed E-state index contributed by atoms with van der Waals surface area (Å²) in [6.45, 7) is 2.26. The van der Waals surface area contributed by atoms with E-state index in [0.29, 0.717) is 18.7 Å². The zero-order valence-electron chi connectivity index (χ0n) is 13.6. The number of halogens is 6. The Morgan fingerprint density at radius 3 is 1.93 bits per heavy atom. The van der Waals surface area contributed by atoms with Gasteiger partial charge < -0.3 is 10.6 Å². The molecule has 27 heavy (non-hydrogen) atoms. The number of benzene rings is 1. The van der Waals surface area contributed by atoms with Gasteiger partial charge in [0, 0.05) is 10.6 Å². The van der Waals surface area contributed by atoms with Crippen LogP contribution >= 0.6 is 35.8 Å². The first kappa shape index (κ1) is 21.6. The smallest absolute Gasteiger partial charge is 0.369 e. The first-order valence-electron chi connectivity index (χ1n) is 7.29. The SMILES string of the molecule is Cc1csc(CNC(=S)C(=S)Nc2cc(C(F)(F)F)cc(C(F)(F)F)c2)c1. The van der Waals surface area contributed by atoms with Crippen molar-refractivity contribution in [2.24, 2.45) is 0 Å². The molecule has 0 aliphatic heterocycles. The summed E-state index contributed by atoms with van der Waals surface area (Å²) >= 11 is 11.5. The summed E-state index contributed by atoms with van der Waals surface area (Å²) in [6, 6.07) is 3.06. The van der Waals surface area contributed by atoms with E-state index < -0.39 is 29.2 Å². The predicted octanol–water partition coefficient (Wildman–Crippen LogP) is 5.95. The van der Waals surface area contributed by atoms with Gasteiger partial charge in [-0.15, -0.1) is 11.3 Å². The van der Waals surface area contributed by atoms with Crippen LogP contribution in [0.2, 0.25) is 0 Å². The van der Waals surface area contributed by atoms with E-state index in [2.05, 4.69) is 10.6 Å². The maximum absolute atomic E-state index is 12.9. The minimum Gasteiger partial charge on any atom is -0.369 e. The summed E-state index contributed by atoms with van der Waals surface area (Å²) in [4.78, 5) is 0.795. The topological polar surface area (TPSA) is 24.1 Å². The normalized spacial score (nSPS) is 12.0. The van der Waals surface area contributed by atoms with E-state index in [-0.39, 0.29) is 16.0 Å². The van der Waals surface area contributed by atoms with Crippen molar-refractivity contribution >= 4 is 51.4 Å². The fourth-order valence-electron chi connectivity index (χ4n) is 2.05. The number of rotatable bonds is 3. The Balaban J connectivity index is 2.14. The molecule has 0 atom stereocenters. The maximum atomic E-state index is 12.9. The summed E-state index contributed by atoms with van der Waals surface area (Å²) in [6.07, 6.45) is -9.87. The third-order valence-electron chi connectivity index (χ3n) is 3.26. The van der Waals surface area contributed by atoms with Crippen LogP contribution in [0, 0.1) is 6.92 Å². The van der Waals surface area contributed by atoms with Crippen molar-refractivity contribution in [3.63, 3.8) is 0 Å². The Hall–Kier alpha value is -1.72. The minimum absolute atomic E-state index is 0.0158. The Morgan fingerprint density at radius 2 is 1.48 bits per heavy atom. The van der Waals surface area contributed by atoms with E-state index in [0.717, 1.165) is 10.4 Å². The lowest BCUT2D eigenvalue weighted by Gasteiger charge is -2.16. The van der Waals surface area contributed by atoms with Gasteiger partial charge in [-0.3, -0.25) is 0 Å². The van der Waals surface area contributed by atoms with Crippen LogP contribution in [0.1, 0.15) is 21.6 Å². The number of anilines is 1. The van der Waals surface area contributed by atoms with Crippen LogP contribution in [0.25, 0.3) is 0 Å². The number of nitrogens with one attached hydrogen (secondary N) is 2. The van der Waals surface area contributed by atoms with E-state index in [9.17, 15) is 26.3 Å². The summed E-state index contributed by atoms with van der Waals surface area (Å²) in [5, 5.41) is 7.08. The summed E-state index contributed by atoms with van der Waals surface area (Å²) in [7, 11) is 0. The molecule has 1 aromatic heterocycles. The van der Waals surface area contributed by atoms with E-state index in [1.165, 1.54) is 11.3 Å². The molecular formula is C16H12F6N2S3. The van der Waals surface area contributed by atoms with Gasteiger partial charge in [0.2, 0.25) is 0 Å². The second-order valence-electron chi connectivity index (χ2n) is 5.52. The van der Waals surface area contributed by atoms with Gasteiger partial charge in [-0.2, -0.15) is 26.3 Å². The minimum atomic E-state index is -4.94. The van der Waals surface area contributed by atoms with Gasteiger partial charge in [0.05, 0.1) is 17.7 Å². The largest absolute Gasteiger partial charge is 0.416 e. The van der Waals surface area contributed by atoms with Crippen LogP contribution in [0.15, 0.2) is 29.6 Å². The molecule has 146 valence electrons. The van der Waals surface area contributed by atoms with E-state index in [1.54, 1.807) is 0 Å². The Bertz CT molecular complexity index is 822. The van der Waals surface area contributed by atoms with E-state index in [4.69, 9.17) is 24.4 Å². The van der Waals surface area contributed by atoms with Crippen molar-refractivity contribution < 1.29 is 26.3 Å². The van der Waals surface area contributed by atoms with Gasteiger partial charge in [0.1, 0.15) is 9.98 Å². The summed E-state index contributed by atoms with van der Waals surface area (Å²) in [5.74, 6) is 0. The second kappa shape index (κ2) is 8.11. The molecule has 2 N–H and O–H groups in total. The molecule has 0 aliphatic rings. The molecule has 2 rings (SSSR count). The Labute approximate surface area is 165 Å². The lowest BCUT2D eigenvalue weighted by Crippen LogP contribution is -2.32. The zero-order valence-corrected chi connectivity index (χ0v) is 16.0. The highest BCUT2D eigenvalue weighted by Gasteiger charge is 2.37. The predicted molar refractivity (Wildman–Crippen MR) is 101 cm³/mol. The molecule has 11 heteroatoms. The molecule has 2 nitrogen and oxygen atoms in total. The van der Waals surface area contributed by atoms with Gasteiger partial charge in [0.15, 0.2) is 0 Å². The first-order chi connectivity index (χ1) is 12.4. The summed E-state index contributed by atoms with van der Waals surface area (Å²) in [5.41, 5.74) is -2.25. The molecule has 0 saturated heterocycles. The lowest BCUT2D eigenvalue weighted by molar-refractivity contribution is -0.143. The highest BCUT2D eigenvalue weighted by Crippen LogP contribution is 2.37. The van der Waals surface area contributed by atoms with Gasteiger partial charge in [-0.25, -0.2) is 0 Å². The number of aryl methyl sites for hydroxylation is 1. The molecule has 0 radical (unpaired) electrons. The Morgan fingerprint density at radius 1 is 0.926 bits per heavy atom. The van der Waals surface area contributed by atoms with Gasteiger partial charge in [-0.1, -0.05) is 24.4 Å². The fourth-order valence-corrected chi connectivity index (χ4v) is 3.17. The van der Waals surface area contributed by atoms with Crippen molar-refractivity contribution in [1.82, 2.24) is 5.32 Å². The number of thiophene rings is 1. The molecule has 0 unspecified atom stereocenters. The fraction of sp³-hybridized carbons (Fsp3) is 0.250. The molecule has 0 aliphatic carbocycles. The van der Waals surface area contributed by atoms with Crippen LogP contribution in [0.5, 0.6) is 0 Å². The number of alkyl halides is 6. The molecular weight excluding hydrogens is 430 g/mol. The number of hydrogen-bond acceptors (Lipinski definition) is 3. The van der Waals surface area contributed by atoms with Crippen LogP contribution in [-0.4, -0.2) is 9.98 Å². The van der Waals surface area contributed by atoms with Gasteiger partial charge in [0.25, 0.3) is 0 Å². The van der Waals surface area contributed by atoms with Crippen molar-refractivity contribution in [3.05, 3.63) is 51.2 Å². The maximum Gasteiger partial charge on any atom is 0.416 e. The van der Waals surface area contributed by atoms with Crippen molar-refractivity contribution in [2.45, 2.75) is 25.8 Å². The molecule has 1 heterocycles. The van der Waals surface area contributed by atoms with E-state index in [1.807, 2.05) is 18.4 Å². The van der Waals surface area contributed by atoms with Crippen LogP contribution in [0.3, 0.4) is 0 Å². The lowest BCUT2D eigenvalue weighted by atomic mass is 10.1. The molecule has 0 fully saturated rings. The second-order valence-corrected chi connectivity index (χ2v) is 7.33. The first-order valence-corrected chi connectivity index (χ1v) is 8.98. The van der Waals surface area contributed by atoms with Crippen LogP contribution in [-0.2, 0) is 18.9 Å².